The smallest absolute Gasteiger partial charge is 0.0223 e. The van der Waals surface area contributed by atoms with Crippen molar-refractivity contribution in [1.82, 2.24) is 15.1 Å². The molecule has 1 N–H and O–H groups in total. The Balaban J connectivity index is 1.59. The van der Waals surface area contributed by atoms with Crippen LogP contribution in [0, 0.1) is 5.92 Å². The molecule has 3 rings (SSSR count). The summed E-state index contributed by atoms with van der Waals surface area (Å²) in [5, 5.41) is 3.78. The van der Waals surface area contributed by atoms with Crippen LogP contribution < -0.4 is 5.32 Å². The summed E-state index contributed by atoms with van der Waals surface area (Å²) in [7, 11) is 2.28. The van der Waals surface area contributed by atoms with Crippen LogP contribution >= 0.6 is 0 Å². The van der Waals surface area contributed by atoms with E-state index in [2.05, 4.69) is 29.1 Å². The van der Waals surface area contributed by atoms with Gasteiger partial charge in [0.1, 0.15) is 0 Å². The maximum absolute atomic E-state index is 3.78. The van der Waals surface area contributed by atoms with Gasteiger partial charge in [-0.05, 0) is 71.6 Å². The van der Waals surface area contributed by atoms with E-state index in [1.165, 1.54) is 58.3 Å². The molecule has 1 saturated carbocycles. The Hall–Kier alpha value is -0.120. The zero-order valence-corrected chi connectivity index (χ0v) is 12.1. The van der Waals surface area contributed by atoms with Crippen molar-refractivity contribution in [3.63, 3.8) is 0 Å². The first-order valence-corrected chi connectivity index (χ1v) is 7.91. The minimum absolute atomic E-state index is 0.763. The second-order valence-corrected chi connectivity index (χ2v) is 6.75. The molecule has 0 bridgehead atoms. The van der Waals surface area contributed by atoms with E-state index in [0.29, 0.717) is 0 Å². The largest absolute Gasteiger partial charge is 0.312 e. The van der Waals surface area contributed by atoms with Gasteiger partial charge in [-0.15, -0.1) is 0 Å². The maximum Gasteiger partial charge on any atom is 0.0223 e. The zero-order valence-electron chi connectivity index (χ0n) is 12.1. The van der Waals surface area contributed by atoms with Crippen LogP contribution in [-0.4, -0.2) is 61.2 Å². The Morgan fingerprint density at radius 2 is 1.94 bits per heavy atom. The Labute approximate surface area is 112 Å². The van der Waals surface area contributed by atoms with E-state index < -0.39 is 0 Å². The van der Waals surface area contributed by atoms with E-state index in [4.69, 9.17) is 0 Å². The molecule has 1 aliphatic carbocycles. The minimum atomic E-state index is 0.763. The normalized spacial score (nSPS) is 40.7. The molecule has 0 aromatic heterocycles. The fraction of sp³-hybridized carbons (Fsp3) is 1.00. The summed E-state index contributed by atoms with van der Waals surface area (Å²) in [5.74, 6) is 0.995. The van der Waals surface area contributed by atoms with Crippen molar-refractivity contribution >= 4 is 0 Å². The number of nitrogens with zero attached hydrogens (tertiary/aromatic N) is 2. The highest BCUT2D eigenvalue weighted by Gasteiger charge is 2.35. The lowest BCUT2D eigenvalue weighted by molar-refractivity contribution is 0.0851. The topological polar surface area (TPSA) is 18.5 Å². The van der Waals surface area contributed by atoms with E-state index in [1.54, 1.807) is 0 Å². The number of hydrogen-bond acceptors (Lipinski definition) is 3. The molecular weight excluding hydrogens is 222 g/mol. The lowest BCUT2D eigenvalue weighted by Gasteiger charge is -2.41. The summed E-state index contributed by atoms with van der Waals surface area (Å²) < 4.78 is 0. The molecule has 0 amide bonds. The molecule has 3 heteroatoms. The van der Waals surface area contributed by atoms with Gasteiger partial charge in [0.05, 0.1) is 0 Å². The van der Waals surface area contributed by atoms with Gasteiger partial charge < -0.3 is 10.2 Å². The first-order valence-electron chi connectivity index (χ1n) is 7.91. The van der Waals surface area contributed by atoms with Crippen LogP contribution in [0.15, 0.2) is 0 Å². The van der Waals surface area contributed by atoms with Gasteiger partial charge in [-0.2, -0.15) is 0 Å². The zero-order chi connectivity index (χ0) is 12.5. The molecule has 3 unspecified atom stereocenters. The van der Waals surface area contributed by atoms with Gasteiger partial charge in [0.25, 0.3) is 0 Å². The van der Waals surface area contributed by atoms with E-state index in [9.17, 15) is 0 Å². The molecular formula is C15H29N3. The molecule has 3 aliphatic rings. The number of piperidine rings is 1. The summed E-state index contributed by atoms with van der Waals surface area (Å²) in [6.45, 7) is 7.54. The average Bonchev–Trinajstić information content (AvgIpc) is 3.16. The molecule has 3 atom stereocenters. The molecule has 104 valence electrons. The fourth-order valence-electron chi connectivity index (χ4n) is 3.72. The third-order valence-corrected chi connectivity index (χ3v) is 5.35. The first-order chi connectivity index (χ1) is 8.74. The molecule has 0 aromatic rings. The maximum atomic E-state index is 3.78. The van der Waals surface area contributed by atoms with Gasteiger partial charge in [0.2, 0.25) is 0 Å². The second-order valence-electron chi connectivity index (χ2n) is 6.75. The van der Waals surface area contributed by atoms with Gasteiger partial charge in [0.15, 0.2) is 0 Å². The minimum Gasteiger partial charge on any atom is -0.312 e. The monoisotopic (exact) mass is 251 g/mol. The average molecular weight is 251 g/mol. The van der Waals surface area contributed by atoms with Crippen molar-refractivity contribution in [2.45, 2.75) is 57.2 Å². The van der Waals surface area contributed by atoms with Crippen molar-refractivity contribution in [2.24, 2.45) is 5.92 Å². The molecule has 0 spiro atoms. The molecule has 0 aromatic carbocycles. The Morgan fingerprint density at radius 3 is 2.67 bits per heavy atom. The standard InChI is InChI=1S/C15H29N3/c1-12-10-14(6-9-17(12)2)18-8-3-7-16-15(11-18)13-4-5-13/h12-16H,3-11H2,1-2H3. The molecule has 3 nitrogen and oxygen atoms in total. The molecule has 18 heavy (non-hydrogen) atoms. The van der Waals surface area contributed by atoms with E-state index >= 15 is 0 Å². The van der Waals surface area contributed by atoms with Gasteiger partial charge in [-0.25, -0.2) is 0 Å². The second kappa shape index (κ2) is 5.48. The number of nitrogens with one attached hydrogen (secondary N) is 1. The van der Waals surface area contributed by atoms with Crippen molar-refractivity contribution in [3.05, 3.63) is 0 Å². The molecule has 2 heterocycles. The van der Waals surface area contributed by atoms with E-state index in [1.807, 2.05) is 0 Å². The summed E-state index contributed by atoms with van der Waals surface area (Å²) in [5.41, 5.74) is 0. The number of likely N-dealkylation sites (tertiary alicyclic amines) is 1. The van der Waals surface area contributed by atoms with Gasteiger partial charge >= 0.3 is 0 Å². The summed E-state index contributed by atoms with van der Waals surface area (Å²) in [6.07, 6.45) is 7.01. The number of hydrogen-bond donors (Lipinski definition) is 1. The van der Waals surface area contributed by atoms with Crippen molar-refractivity contribution in [3.8, 4) is 0 Å². The van der Waals surface area contributed by atoms with Crippen molar-refractivity contribution in [1.29, 1.82) is 0 Å². The molecule has 3 fully saturated rings. The highest BCUT2D eigenvalue weighted by Crippen LogP contribution is 2.34. The summed E-state index contributed by atoms with van der Waals surface area (Å²) >= 11 is 0. The van der Waals surface area contributed by atoms with Crippen molar-refractivity contribution in [2.75, 3.05) is 33.2 Å². The molecule has 2 aliphatic heterocycles. The van der Waals surface area contributed by atoms with Crippen LogP contribution in [0.5, 0.6) is 0 Å². The highest BCUT2D eigenvalue weighted by molar-refractivity contribution is 4.93. The Bertz CT molecular complexity index is 277. The van der Waals surface area contributed by atoms with Gasteiger partial charge in [-0.3, -0.25) is 4.90 Å². The third kappa shape index (κ3) is 2.89. The fourth-order valence-corrected chi connectivity index (χ4v) is 3.72. The first kappa shape index (κ1) is 12.9. The van der Waals surface area contributed by atoms with Crippen LogP contribution in [0.2, 0.25) is 0 Å². The van der Waals surface area contributed by atoms with Crippen LogP contribution in [0.3, 0.4) is 0 Å². The lowest BCUT2D eigenvalue weighted by atomic mass is 9.96. The predicted octanol–water partition coefficient (Wildman–Crippen LogP) is 1.54. The lowest BCUT2D eigenvalue weighted by Crippen LogP contribution is -2.50. The predicted molar refractivity (Wildman–Crippen MR) is 75.8 cm³/mol. The van der Waals surface area contributed by atoms with Gasteiger partial charge in [0, 0.05) is 24.7 Å². The quantitative estimate of drug-likeness (QED) is 0.803. The van der Waals surface area contributed by atoms with Crippen molar-refractivity contribution < 1.29 is 0 Å². The van der Waals surface area contributed by atoms with E-state index in [0.717, 1.165) is 24.0 Å². The van der Waals surface area contributed by atoms with E-state index in [-0.39, 0.29) is 0 Å². The summed E-state index contributed by atoms with van der Waals surface area (Å²) in [6, 6.07) is 2.40. The third-order valence-electron chi connectivity index (χ3n) is 5.35. The summed E-state index contributed by atoms with van der Waals surface area (Å²) in [4.78, 5) is 5.33. The Kier molecular flexibility index (Phi) is 3.92. The van der Waals surface area contributed by atoms with Crippen LogP contribution in [0.1, 0.15) is 39.0 Å². The SMILES string of the molecule is CC1CC(N2CCCNC(C3CC3)C2)CCN1C. The highest BCUT2D eigenvalue weighted by atomic mass is 15.2. The van der Waals surface area contributed by atoms with Crippen LogP contribution in [0.25, 0.3) is 0 Å². The van der Waals surface area contributed by atoms with Crippen LogP contribution in [-0.2, 0) is 0 Å². The molecule has 0 radical (unpaired) electrons. The molecule has 2 saturated heterocycles. The van der Waals surface area contributed by atoms with Crippen LogP contribution in [0.4, 0.5) is 0 Å². The number of rotatable bonds is 2. The Morgan fingerprint density at radius 1 is 1.11 bits per heavy atom. The van der Waals surface area contributed by atoms with Gasteiger partial charge in [-0.1, -0.05) is 0 Å².